The second kappa shape index (κ2) is 9.30. The van der Waals surface area contributed by atoms with Crippen LogP contribution < -0.4 is 15.0 Å². The van der Waals surface area contributed by atoms with Gasteiger partial charge >= 0.3 is 0 Å². The molecule has 24 heavy (non-hydrogen) atoms. The lowest BCUT2D eigenvalue weighted by molar-refractivity contribution is -0.133. The number of amides is 1. The van der Waals surface area contributed by atoms with Crippen molar-refractivity contribution >= 4 is 36.4 Å². The molecule has 0 saturated carbocycles. The van der Waals surface area contributed by atoms with Gasteiger partial charge < -0.3 is 19.9 Å². The van der Waals surface area contributed by atoms with Crippen molar-refractivity contribution in [2.75, 3.05) is 44.7 Å². The van der Waals surface area contributed by atoms with Crippen molar-refractivity contribution in [3.05, 3.63) is 24.0 Å². The summed E-state index contributed by atoms with van der Waals surface area (Å²) in [4.78, 5) is 16.4. The maximum atomic E-state index is 13.8. The fourth-order valence-corrected chi connectivity index (χ4v) is 3.15. The number of carbonyl (C=O) groups is 1. The van der Waals surface area contributed by atoms with E-state index in [9.17, 15) is 9.18 Å². The third kappa shape index (κ3) is 4.43. The first-order chi connectivity index (χ1) is 10.7. The highest BCUT2D eigenvalue weighted by molar-refractivity contribution is 5.85. The molecular weight excluding hydrogens is 356 g/mol. The standard InChI is InChI=1S/C16H22FN3O2.2ClH/c1-22-15-5-4-12(11-13(15)17)19-7-9-20(10-8-19)16(21)14-3-2-6-18-14;;/h4-5,11,14,18H,2-3,6-10H2,1H3;2*1H. The van der Waals surface area contributed by atoms with E-state index in [0.717, 1.165) is 38.2 Å². The smallest absolute Gasteiger partial charge is 0.239 e. The SMILES string of the molecule is COc1ccc(N2CCN(C(=O)C3CCCN3)CC2)cc1F.Cl.Cl. The number of nitrogens with zero attached hydrogens (tertiary/aromatic N) is 2. The highest BCUT2D eigenvalue weighted by atomic mass is 35.5. The molecule has 3 rings (SSSR count). The van der Waals surface area contributed by atoms with Crippen molar-refractivity contribution in [1.82, 2.24) is 10.2 Å². The topological polar surface area (TPSA) is 44.8 Å². The molecule has 2 aliphatic rings. The van der Waals surface area contributed by atoms with Crippen LogP contribution in [0.2, 0.25) is 0 Å². The summed E-state index contributed by atoms with van der Waals surface area (Å²) in [6.45, 7) is 3.76. The van der Waals surface area contributed by atoms with Gasteiger partial charge in [-0.05, 0) is 31.5 Å². The molecule has 8 heteroatoms. The lowest BCUT2D eigenvalue weighted by Gasteiger charge is -2.37. The number of ether oxygens (including phenoxy) is 1. The van der Waals surface area contributed by atoms with Crippen LogP contribution in [-0.2, 0) is 4.79 Å². The van der Waals surface area contributed by atoms with E-state index in [-0.39, 0.29) is 48.3 Å². The van der Waals surface area contributed by atoms with Crippen molar-refractivity contribution in [3.63, 3.8) is 0 Å². The third-order valence-corrected chi connectivity index (χ3v) is 4.45. The Bertz CT molecular complexity index is 548. The molecule has 1 aromatic rings. The Morgan fingerprint density at radius 1 is 1.25 bits per heavy atom. The highest BCUT2D eigenvalue weighted by Crippen LogP contribution is 2.24. The zero-order valence-corrected chi connectivity index (χ0v) is 15.3. The average Bonchev–Trinajstić information content (AvgIpc) is 3.09. The Morgan fingerprint density at radius 2 is 1.96 bits per heavy atom. The normalized spacial score (nSPS) is 20.2. The van der Waals surface area contributed by atoms with E-state index in [1.54, 1.807) is 6.07 Å². The lowest BCUT2D eigenvalue weighted by atomic mass is 10.1. The van der Waals surface area contributed by atoms with Gasteiger partial charge in [-0.2, -0.15) is 0 Å². The van der Waals surface area contributed by atoms with Crippen LogP contribution in [0.15, 0.2) is 18.2 Å². The lowest BCUT2D eigenvalue weighted by Crippen LogP contribution is -2.53. The Labute approximate surface area is 154 Å². The Morgan fingerprint density at radius 3 is 2.50 bits per heavy atom. The van der Waals surface area contributed by atoms with Crippen molar-refractivity contribution in [1.29, 1.82) is 0 Å². The monoisotopic (exact) mass is 379 g/mol. The van der Waals surface area contributed by atoms with E-state index in [4.69, 9.17) is 4.74 Å². The number of anilines is 1. The molecule has 1 atom stereocenters. The van der Waals surface area contributed by atoms with Crippen molar-refractivity contribution in [2.45, 2.75) is 18.9 Å². The van der Waals surface area contributed by atoms with E-state index in [2.05, 4.69) is 10.2 Å². The minimum Gasteiger partial charge on any atom is -0.494 e. The summed E-state index contributed by atoms with van der Waals surface area (Å²) in [6, 6.07) is 4.99. The molecule has 136 valence electrons. The summed E-state index contributed by atoms with van der Waals surface area (Å²) in [5.74, 6) is 0.108. The first-order valence-electron chi connectivity index (χ1n) is 7.79. The maximum Gasteiger partial charge on any atom is 0.239 e. The van der Waals surface area contributed by atoms with Gasteiger partial charge in [-0.15, -0.1) is 24.8 Å². The molecule has 2 fully saturated rings. The molecule has 0 aliphatic carbocycles. The van der Waals surface area contributed by atoms with Crippen LogP contribution in [0.1, 0.15) is 12.8 Å². The second-order valence-corrected chi connectivity index (χ2v) is 5.78. The number of hydrogen-bond acceptors (Lipinski definition) is 4. The molecule has 2 aliphatic heterocycles. The minimum atomic E-state index is -0.353. The second-order valence-electron chi connectivity index (χ2n) is 5.78. The largest absolute Gasteiger partial charge is 0.494 e. The number of piperazine rings is 1. The van der Waals surface area contributed by atoms with E-state index in [1.807, 2.05) is 11.0 Å². The summed E-state index contributed by atoms with van der Waals surface area (Å²) >= 11 is 0. The van der Waals surface area contributed by atoms with Gasteiger partial charge in [0.1, 0.15) is 0 Å². The van der Waals surface area contributed by atoms with Crippen LogP contribution in [0.3, 0.4) is 0 Å². The third-order valence-electron chi connectivity index (χ3n) is 4.45. The van der Waals surface area contributed by atoms with Crippen molar-refractivity contribution < 1.29 is 13.9 Å². The van der Waals surface area contributed by atoms with Crippen molar-refractivity contribution in [3.8, 4) is 5.75 Å². The number of hydrogen-bond donors (Lipinski definition) is 1. The van der Waals surface area contributed by atoms with Crippen LogP contribution in [-0.4, -0.2) is 56.7 Å². The van der Waals surface area contributed by atoms with Gasteiger partial charge in [0.15, 0.2) is 11.6 Å². The molecule has 1 aromatic carbocycles. The van der Waals surface area contributed by atoms with Crippen molar-refractivity contribution in [2.24, 2.45) is 0 Å². The molecule has 2 heterocycles. The molecule has 1 N–H and O–H groups in total. The summed E-state index contributed by atoms with van der Waals surface area (Å²) in [6.07, 6.45) is 2.00. The van der Waals surface area contributed by atoms with Gasteiger partial charge in [-0.25, -0.2) is 4.39 Å². The van der Waals surface area contributed by atoms with Crippen LogP contribution >= 0.6 is 24.8 Å². The molecule has 1 amide bonds. The van der Waals surface area contributed by atoms with E-state index < -0.39 is 0 Å². The van der Waals surface area contributed by atoms with Crippen LogP contribution in [0.5, 0.6) is 5.75 Å². The fourth-order valence-electron chi connectivity index (χ4n) is 3.15. The first-order valence-corrected chi connectivity index (χ1v) is 7.79. The van der Waals surface area contributed by atoms with Crippen LogP contribution in [0, 0.1) is 5.82 Å². The quantitative estimate of drug-likeness (QED) is 0.872. The number of nitrogens with one attached hydrogen (secondary N) is 1. The molecule has 0 bridgehead atoms. The molecule has 0 spiro atoms. The van der Waals surface area contributed by atoms with Gasteiger partial charge in [-0.3, -0.25) is 4.79 Å². The number of benzene rings is 1. The number of rotatable bonds is 3. The highest BCUT2D eigenvalue weighted by Gasteiger charge is 2.29. The predicted octanol–water partition coefficient (Wildman–Crippen LogP) is 2.08. The number of carbonyl (C=O) groups excluding carboxylic acids is 1. The van der Waals surface area contributed by atoms with Gasteiger partial charge in [0.25, 0.3) is 0 Å². The number of methoxy groups -OCH3 is 1. The summed E-state index contributed by atoms with van der Waals surface area (Å²) in [7, 11) is 1.46. The van der Waals surface area contributed by atoms with E-state index >= 15 is 0 Å². The van der Waals surface area contributed by atoms with E-state index in [0.29, 0.717) is 13.1 Å². The zero-order valence-electron chi connectivity index (χ0n) is 13.7. The zero-order chi connectivity index (χ0) is 15.5. The Balaban J connectivity index is 0.00000144. The van der Waals surface area contributed by atoms with E-state index in [1.165, 1.54) is 13.2 Å². The summed E-state index contributed by atoms with van der Waals surface area (Å²) in [5.41, 5.74) is 0.837. The Kier molecular flexibility index (Phi) is 8.06. The van der Waals surface area contributed by atoms with Crippen LogP contribution in [0.25, 0.3) is 0 Å². The molecule has 5 nitrogen and oxygen atoms in total. The van der Waals surface area contributed by atoms with Gasteiger partial charge in [0.05, 0.1) is 13.2 Å². The summed E-state index contributed by atoms with van der Waals surface area (Å²) in [5, 5.41) is 3.25. The van der Waals surface area contributed by atoms with Gasteiger partial charge in [0, 0.05) is 37.9 Å². The predicted molar refractivity (Wildman–Crippen MR) is 97.3 cm³/mol. The minimum absolute atomic E-state index is 0. The van der Waals surface area contributed by atoms with Gasteiger partial charge in [0.2, 0.25) is 5.91 Å². The molecule has 0 radical (unpaired) electrons. The fraction of sp³-hybridized carbons (Fsp3) is 0.562. The molecular formula is C16H24Cl2FN3O2. The Hall–Kier alpha value is -1.24. The summed E-state index contributed by atoms with van der Waals surface area (Å²) < 4.78 is 18.7. The molecule has 1 unspecified atom stereocenters. The molecule has 2 saturated heterocycles. The number of halogens is 3. The van der Waals surface area contributed by atoms with Crippen LogP contribution in [0.4, 0.5) is 10.1 Å². The van der Waals surface area contributed by atoms with Gasteiger partial charge in [-0.1, -0.05) is 0 Å². The average molecular weight is 380 g/mol. The first kappa shape index (κ1) is 20.8. The molecule has 0 aromatic heterocycles. The maximum absolute atomic E-state index is 13.8.